The molecule has 0 saturated heterocycles. The highest BCUT2D eigenvalue weighted by Crippen LogP contribution is 2.54. The van der Waals surface area contributed by atoms with Crippen LogP contribution in [0.2, 0.25) is 0 Å². The average Bonchev–Trinajstić information content (AvgIpc) is 2.52. The molecule has 1 aliphatic heterocycles. The van der Waals surface area contributed by atoms with E-state index in [0.29, 0.717) is 11.3 Å². The average molecular weight is 326 g/mol. The van der Waals surface area contributed by atoms with E-state index in [1.807, 2.05) is 32.0 Å². The number of rotatable bonds is 2. The van der Waals surface area contributed by atoms with Gasteiger partial charge in [0, 0.05) is 11.8 Å². The highest BCUT2D eigenvalue weighted by Gasteiger charge is 2.53. The molecule has 5 heteroatoms. The largest absolute Gasteiger partial charge is 0.484 e. The second kappa shape index (κ2) is 5.55. The summed E-state index contributed by atoms with van der Waals surface area (Å²) in [6.07, 6.45) is 1.73. The van der Waals surface area contributed by atoms with E-state index in [1.54, 1.807) is 31.3 Å². The van der Waals surface area contributed by atoms with Crippen LogP contribution in [0.15, 0.2) is 47.6 Å². The van der Waals surface area contributed by atoms with Crippen molar-refractivity contribution in [2.75, 3.05) is 0 Å². The maximum absolute atomic E-state index is 11.2. The third-order valence-corrected chi connectivity index (χ3v) is 5.82. The van der Waals surface area contributed by atoms with Crippen molar-refractivity contribution in [2.24, 2.45) is 0 Å². The second-order valence-electron chi connectivity index (χ2n) is 6.29. The first-order valence-corrected chi connectivity index (χ1v) is 8.26. The van der Waals surface area contributed by atoms with Crippen LogP contribution in [0, 0.1) is 11.3 Å². The smallest absolute Gasteiger partial charge is 0.133 e. The van der Waals surface area contributed by atoms with E-state index in [4.69, 9.17) is 4.74 Å². The summed E-state index contributed by atoms with van der Waals surface area (Å²) < 4.78 is 6.01. The highest BCUT2D eigenvalue weighted by atomic mass is 32.2. The lowest BCUT2D eigenvalue weighted by Gasteiger charge is -2.49. The molecule has 4 nitrogen and oxygen atoms in total. The summed E-state index contributed by atoms with van der Waals surface area (Å²) in [4.78, 5) is 4.35. The van der Waals surface area contributed by atoms with Gasteiger partial charge in [-0.15, -0.1) is 0 Å². The van der Waals surface area contributed by atoms with Crippen LogP contribution in [0.1, 0.15) is 37.1 Å². The van der Waals surface area contributed by atoms with Crippen LogP contribution in [0.4, 0.5) is 0 Å². The zero-order valence-electron chi connectivity index (χ0n) is 13.3. The third kappa shape index (κ3) is 2.69. The number of aliphatic hydroxyl groups is 1. The minimum absolute atomic E-state index is 0.288. The minimum atomic E-state index is -1.13. The predicted octanol–water partition coefficient (Wildman–Crippen LogP) is 3.71. The molecule has 23 heavy (non-hydrogen) atoms. The van der Waals surface area contributed by atoms with Gasteiger partial charge in [0.25, 0.3) is 0 Å². The van der Waals surface area contributed by atoms with Gasteiger partial charge in [0.2, 0.25) is 0 Å². The molecule has 0 spiro atoms. The third-order valence-electron chi connectivity index (χ3n) is 4.39. The predicted molar refractivity (Wildman–Crippen MR) is 89.3 cm³/mol. The van der Waals surface area contributed by atoms with Crippen molar-refractivity contribution in [3.63, 3.8) is 0 Å². The molecule has 0 saturated carbocycles. The van der Waals surface area contributed by atoms with Crippen LogP contribution in [0.5, 0.6) is 5.75 Å². The first-order chi connectivity index (χ1) is 10.8. The van der Waals surface area contributed by atoms with Gasteiger partial charge < -0.3 is 9.84 Å². The van der Waals surface area contributed by atoms with Crippen molar-refractivity contribution in [3.05, 3.63) is 53.7 Å². The van der Waals surface area contributed by atoms with Gasteiger partial charge in [0.1, 0.15) is 17.0 Å². The quantitative estimate of drug-likeness (QED) is 0.911. The van der Waals surface area contributed by atoms with Gasteiger partial charge in [-0.05, 0) is 51.1 Å². The molecule has 2 atom stereocenters. The standard InChI is InChI=1S/C18H18N2O2S/c1-17(2)18(3,21)16(23-15-6-4-5-9-20-15)13-10-12(11-19)7-8-14(13)22-17/h4-10,16,21H,1-3H3. The Balaban J connectivity index is 2.12. The Bertz CT molecular complexity index is 766. The Kier molecular flexibility index (Phi) is 3.83. The van der Waals surface area contributed by atoms with Gasteiger partial charge in [0.05, 0.1) is 21.9 Å². The zero-order chi connectivity index (χ0) is 16.7. The first kappa shape index (κ1) is 15.9. The molecule has 1 aromatic carbocycles. The molecular weight excluding hydrogens is 308 g/mol. The SMILES string of the molecule is CC1(C)Oc2ccc(C#N)cc2C(Sc2ccccn2)C1(C)O. The Morgan fingerprint density at radius 2 is 2.04 bits per heavy atom. The van der Waals surface area contributed by atoms with E-state index < -0.39 is 11.2 Å². The van der Waals surface area contributed by atoms with Gasteiger partial charge in [0.15, 0.2) is 0 Å². The molecule has 0 radical (unpaired) electrons. The van der Waals surface area contributed by atoms with Crippen molar-refractivity contribution in [3.8, 4) is 11.8 Å². The Morgan fingerprint density at radius 3 is 2.70 bits per heavy atom. The van der Waals surface area contributed by atoms with Crippen molar-refractivity contribution < 1.29 is 9.84 Å². The van der Waals surface area contributed by atoms with E-state index in [-0.39, 0.29) is 5.25 Å². The van der Waals surface area contributed by atoms with Crippen LogP contribution < -0.4 is 4.74 Å². The molecule has 1 N–H and O–H groups in total. The summed E-state index contributed by atoms with van der Waals surface area (Å²) in [5.74, 6) is 0.703. The normalized spacial score (nSPS) is 25.1. The van der Waals surface area contributed by atoms with Gasteiger partial charge >= 0.3 is 0 Å². The maximum Gasteiger partial charge on any atom is 0.133 e. The molecule has 0 fully saturated rings. The number of fused-ring (bicyclic) bond motifs is 1. The lowest BCUT2D eigenvalue weighted by molar-refractivity contribution is -0.117. The van der Waals surface area contributed by atoms with Crippen LogP contribution >= 0.6 is 11.8 Å². The number of nitriles is 1. The number of pyridine rings is 1. The second-order valence-corrected chi connectivity index (χ2v) is 7.42. The van der Waals surface area contributed by atoms with E-state index in [1.165, 1.54) is 11.8 Å². The Labute approximate surface area is 140 Å². The summed E-state index contributed by atoms with van der Waals surface area (Å²) in [6.45, 7) is 5.52. The number of benzene rings is 1. The van der Waals surface area contributed by atoms with Gasteiger partial charge in [-0.3, -0.25) is 0 Å². The van der Waals surface area contributed by atoms with Crippen LogP contribution in [-0.4, -0.2) is 21.3 Å². The molecule has 3 rings (SSSR count). The number of ether oxygens (including phenoxy) is 1. The first-order valence-electron chi connectivity index (χ1n) is 7.38. The number of nitrogens with zero attached hydrogens (tertiary/aromatic N) is 2. The van der Waals surface area contributed by atoms with Crippen molar-refractivity contribution in [1.29, 1.82) is 5.26 Å². The Morgan fingerprint density at radius 1 is 1.26 bits per heavy atom. The van der Waals surface area contributed by atoms with Crippen LogP contribution in [-0.2, 0) is 0 Å². The number of thioether (sulfide) groups is 1. The molecular formula is C18H18N2O2S. The molecule has 2 aromatic rings. The summed E-state index contributed by atoms with van der Waals surface area (Å²) in [5, 5.41) is 20.9. The molecule has 2 unspecified atom stereocenters. The molecule has 1 aliphatic rings. The molecule has 0 aliphatic carbocycles. The molecule has 0 amide bonds. The summed E-state index contributed by atoms with van der Waals surface area (Å²) in [7, 11) is 0. The Hall–Kier alpha value is -2.03. The maximum atomic E-state index is 11.2. The van der Waals surface area contributed by atoms with Crippen molar-refractivity contribution in [2.45, 2.75) is 42.2 Å². The highest BCUT2D eigenvalue weighted by molar-refractivity contribution is 7.99. The number of aromatic nitrogens is 1. The number of hydrogen-bond donors (Lipinski definition) is 1. The molecule has 1 aromatic heterocycles. The van der Waals surface area contributed by atoms with Crippen molar-refractivity contribution >= 4 is 11.8 Å². The fourth-order valence-corrected chi connectivity index (χ4v) is 3.97. The lowest BCUT2D eigenvalue weighted by Crippen LogP contribution is -2.57. The summed E-state index contributed by atoms with van der Waals surface area (Å²) >= 11 is 1.49. The van der Waals surface area contributed by atoms with E-state index >= 15 is 0 Å². The zero-order valence-corrected chi connectivity index (χ0v) is 14.1. The summed E-state index contributed by atoms with van der Waals surface area (Å²) in [6, 6.07) is 13.2. The minimum Gasteiger partial charge on any atom is -0.484 e. The van der Waals surface area contributed by atoms with E-state index in [2.05, 4.69) is 11.1 Å². The van der Waals surface area contributed by atoms with Crippen molar-refractivity contribution in [1.82, 2.24) is 4.98 Å². The molecule has 2 heterocycles. The van der Waals surface area contributed by atoms with E-state index in [9.17, 15) is 10.4 Å². The van der Waals surface area contributed by atoms with Crippen LogP contribution in [0.3, 0.4) is 0 Å². The van der Waals surface area contributed by atoms with E-state index in [0.717, 1.165) is 10.6 Å². The lowest BCUT2D eigenvalue weighted by atomic mass is 9.79. The van der Waals surface area contributed by atoms with Crippen LogP contribution in [0.25, 0.3) is 0 Å². The number of hydrogen-bond acceptors (Lipinski definition) is 5. The topological polar surface area (TPSA) is 66.1 Å². The summed E-state index contributed by atoms with van der Waals surface area (Å²) in [5.41, 5.74) is -0.518. The molecule has 118 valence electrons. The van der Waals surface area contributed by atoms with Gasteiger partial charge in [-0.25, -0.2) is 4.98 Å². The van der Waals surface area contributed by atoms with Gasteiger partial charge in [-0.2, -0.15) is 5.26 Å². The monoisotopic (exact) mass is 326 g/mol. The van der Waals surface area contributed by atoms with Gasteiger partial charge in [-0.1, -0.05) is 17.8 Å². The fourth-order valence-electron chi connectivity index (χ4n) is 2.63. The molecule has 0 bridgehead atoms. The fraction of sp³-hybridized carbons (Fsp3) is 0.333.